The second-order valence-corrected chi connectivity index (χ2v) is 9.31. The smallest absolute Gasteiger partial charge is 0.242 e. The highest BCUT2D eigenvalue weighted by molar-refractivity contribution is 5.87. The summed E-state index contributed by atoms with van der Waals surface area (Å²) in [6.07, 6.45) is 2.47. The van der Waals surface area contributed by atoms with Gasteiger partial charge in [-0.3, -0.25) is 14.5 Å². The van der Waals surface area contributed by atoms with Gasteiger partial charge in [-0.15, -0.1) is 0 Å². The van der Waals surface area contributed by atoms with Crippen LogP contribution in [0.4, 0.5) is 0 Å². The summed E-state index contributed by atoms with van der Waals surface area (Å²) in [5.41, 5.74) is 7.81. The van der Waals surface area contributed by atoms with E-state index in [9.17, 15) is 14.9 Å². The number of carbonyl (C=O) groups is 2. The summed E-state index contributed by atoms with van der Waals surface area (Å²) in [6.45, 7) is 3.02. The van der Waals surface area contributed by atoms with Crippen LogP contribution in [-0.4, -0.2) is 69.8 Å². The highest BCUT2D eigenvalue weighted by Gasteiger charge is 2.56. The van der Waals surface area contributed by atoms with Crippen molar-refractivity contribution in [1.29, 1.82) is 10.5 Å². The first kappa shape index (κ1) is 20.0. The first-order valence-corrected chi connectivity index (χ1v) is 11.0. The van der Waals surface area contributed by atoms with Gasteiger partial charge in [0.2, 0.25) is 11.8 Å². The zero-order chi connectivity index (χ0) is 21.9. The van der Waals surface area contributed by atoms with Crippen LogP contribution in [0, 0.1) is 28.6 Å². The molecule has 3 aliphatic heterocycles. The molecule has 31 heavy (non-hydrogen) atoms. The van der Waals surface area contributed by atoms with Gasteiger partial charge in [0, 0.05) is 25.2 Å². The zero-order valence-corrected chi connectivity index (χ0v) is 17.5. The van der Waals surface area contributed by atoms with E-state index in [0.717, 1.165) is 24.8 Å². The van der Waals surface area contributed by atoms with E-state index in [1.54, 1.807) is 11.0 Å². The Labute approximate surface area is 181 Å². The Kier molecular flexibility index (Phi) is 4.73. The molecule has 7 atom stereocenters. The van der Waals surface area contributed by atoms with Crippen LogP contribution in [0.25, 0.3) is 0 Å². The predicted octanol–water partition coefficient (Wildman–Crippen LogP) is 0.745. The molecule has 2 amide bonds. The minimum Gasteiger partial charge on any atom is -0.330 e. The summed E-state index contributed by atoms with van der Waals surface area (Å²) in [7, 11) is 0. The summed E-state index contributed by atoms with van der Waals surface area (Å²) in [5, 5.41) is 18.5. The van der Waals surface area contributed by atoms with Gasteiger partial charge in [0.05, 0.1) is 35.8 Å². The fraction of sp³-hybridized carbons (Fsp3) is 0.565. The number of amides is 2. The fourth-order valence-electron chi connectivity index (χ4n) is 5.84. The summed E-state index contributed by atoms with van der Waals surface area (Å²) in [5.74, 6) is 0.356. The quantitative estimate of drug-likeness (QED) is 0.754. The molecule has 8 heteroatoms. The first-order chi connectivity index (χ1) is 14.9. The van der Waals surface area contributed by atoms with Crippen molar-refractivity contribution in [3.63, 3.8) is 0 Å². The summed E-state index contributed by atoms with van der Waals surface area (Å²) in [6, 6.07) is 10.6. The molecule has 1 unspecified atom stereocenters. The molecule has 0 spiro atoms. The number of carbonyl (C=O) groups excluding carboxylic acids is 2. The second-order valence-electron chi connectivity index (χ2n) is 9.31. The third kappa shape index (κ3) is 3.18. The molecule has 1 aromatic rings. The number of piperidine rings is 1. The summed E-state index contributed by atoms with van der Waals surface area (Å²) < 4.78 is 0. The lowest BCUT2D eigenvalue weighted by atomic mass is 10.0. The van der Waals surface area contributed by atoms with Crippen LogP contribution in [0.3, 0.4) is 0 Å². The standard InChI is InChI=1S/C23H26N6O2/c1-13(15-4-2-3-14(5-15)9-24)28-18-8-21(23(28)31)27(11-18)12-19(26)22(30)29-17(10-25)6-16-7-20(16)29/h2-5,13,16-21H,6-8,11-12,26H2,1H3/t13-,16?,17-,18+,19-,20-,21+/m0/s1. The number of hydrogen-bond acceptors (Lipinski definition) is 6. The zero-order valence-electron chi connectivity index (χ0n) is 17.5. The van der Waals surface area contributed by atoms with E-state index in [-0.39, 0.29) is 42.0 Å². The van der Waals surface area contributed by atoms with Gasteiger partial charge in [-0.05, 0) is 49.8 Å². The minimum absolute atomic E-state index is 0.0593. The number of nitriles is 2. The lowest BCUT2D eigenvalue weighted by Gasteiger charge is -2.38. The lowest BCUT2D eigenvalue weighted by Crippen LogP contribution is -2.57. The average Bonchev–Trinajstić information content (AvgIpc) is 3.11. The van der Waals surface area contributed by atoms with Gasteiger partial charge in [-0.1, -0.05) is 12.1 Å². The number of benzene rings is 1. The Morgan fingerprint density at radius 1 is 1.29 bits per heavy atom. The highest BCUT2D eigenvalue weighted by atomic mass is 16.2. The van der Waals surface area contributed by atoms with E-state index in [0.29, 0.717) is 24.6 Å². The maximum absolute atomic E-state index is 13.2. The molecule has 2 bridgehead atoms. The van der Waals surface area contributed by atoms with Gasteiger partial charge in [0.1, 0.15) is 6.04 Å². The lowest BCUT2D eigenvalue weighted by molar-refractivity contribution is -0.141. The average molecular weight is 419 g/mol. The monoisotopic (exact) mass is 418 g/mol. The molecular weight excluding hydrogens is 392 g/mol. The molecule has 3 heterocycles. The third-order valence-electron chi connectivity index (χ3n) is 7.49. The number of rotatable bonds is 5. The fourth-order valence-corrected chi connectivity index (χ4v) is 5.84. The number of piperazine rings is 1. The molecule has 0 aromatic heterocycles. The molecule has 160 valence electrons. The highest BCUT2D eigenvalue weighted by Crippen LogP contribution is 2.48. The molecule has 4 aliphatic rings. The molecule has 3 saturated heterocycles. The molecular formula is C23H26N6O2. The minimum atomic E-state index is -0.722. The molecule has 0 radical (unpaired) electrons. The van der Waals surface area contributed by atoms with Gasteiger partial charge >= 0.3 is 0 Å². The Balaban J connectivity index is 1.24. The van der Waals surface area contributed by atoms with Crippen LogP contribution < -0.4 is 5.73 Å². The van der Waals surface area contributed by atoms with Crippen molar-refractivity contribution in [2.45, 2.75) is 62.4 Å². The number of fused-ring (bicyclic) bond motifs is 3. The molecule has 4 fully saturated rings. The molecule has 1 aromatic carbocycles. The van der Waals surface area contributed by atoms with Crippen LogP contribution >= 0.6 is 0 Å². The van der Waals surface area contributed by atoms with Gasteiger partial charge in [-0.25, -0.2) is 0 Å². The summed E-state index contributed by atoms with van der Waals surface area (Å²) >= 11 is 0. The Morgan fingerprint density at radius 2 is 2.10 bits per heavy atom. The van der Waals surface area contributed by atoms with Crippen molar-refractivity contribution in [1.82, 2.24) is 14.7 Å². The van der Waals surface area contributed by atoms with Crippen molar-refractivity contribution < 1.29 is 9.59 Å². The van der Waals surface area contributed by atoms with Crippen LogP contribution in [-0.2, 0) is 9.59 Å². The topological polar surface area (TPSA) is 117 Å². The van der Waals surface area contributed by atoms with E-state index in [4.69, 9.17) is 11.0 Å². The number of nitrogens with two attached hydrogens (primary N) is 1. The van der Waals surface area contributed by atoms with Gasteiger partial charge in [-0.2, -0.15) is 10.5 Å². The summed E-state index contributed by atoms with van der Waals surface area (Å²) in [4.78, 5) is 31.8. The molecule has 1 aliphatic carbocycles. The normalized spacial score (nSPS) is 33.0. The van der Waals surface area contributed by atoms with Crippen LogP contribution in [0.5, 0.6) is 0 Å². The van der Waals surface area contributed by atoms with Crippen LogP contribution in [0.2, 0.25) is 0 Å². The molecule has 5 rings (SSSR count). The maximum Gasteiger partial charge on any atom is 0.242 e. The van der Waals surface area contributed by atoms with Crippen LogP contribution in [0.15, 0.2) is 24.3 Å². The van der Waals surface area contributed by atoms with E-state index >= 15 is 0 Å². The van der Waals surface area contributed by atoms with E-state index in [2.05, 4.69) is 12.1 Å². The van der Waals surface area contributed by atoms with E-state index in [1.165, 1.54) is 0 Å². The third-order valence-corrected chi connectivity index (χ3v) is 7.49. The molecule has 8 nitrogen and oxygen atoms in total. The predicted molar refractivity (Wildman–Crippen MR) is 111 cm³/mol. The van der Waals surface area contributed by atoms with E-state index in [1.807, 2.05) is 34.9 Å². The van der Waals surface area contributed by atoms with Gasteiger partial charge in [0.15, 0.2) is 0 Å². The van der Waals surface area contributed by atoms with Gasteiger partial charge in [0.25, 0.3) is 0 Å². The number of nitrogens with zero attached hydrogens (tertiary/aromatic N) is 5. The first-order valence-electron chi connectivity index (χ1n) is 11.0. The number of hydrogen-bond donors (Lipinski definition) is 1. The van der Waals surface area contributed by atoms with Crippen molar-refractivity contribution in [3.8, 4) is 12.1 Å². The number of likely N-dealkylation sites (tertiary alicyclic amines) is 3. The Bertz CT molecular complexity index is 1010. The van der Waals surface area contributed by atoms with Crippen molar-refractivity contribution in [2.24, 2.45) is 11.7 Å². The SMILES string of the molecule is C[C@@H](c1cccc(C#N)c1)N1C(=O)[C@H]2C[C@@H]1CN2C[C@H](N)C(=O)N1[C@H](C#N)CC2C[C@@H]21. The second kappa shape index (κ2) is 7.33. The van der Waals surface area contributed by atoms with Crippen molar-refractivity contribution in [2.75, 3.05) is 13.1 Å². The van der Waals surface area contributed by atoms with Crippen LogP contribution in [0.1, 0.15) is 43.4 Å². The van der Waals surface area contributed by atoms with Crippen molar-refractivity contribution >= 4 is 11.8 Å². The Morgan fingerprint density at radius 3 is 2.81 bits per heavy atom. The molecule has 1 saturated carbocycles. The largest absolute Gasteiger partial charge is 0.330 e. The molecule has 2 N–H and O–H groups in total. The Hall–Kier alpha value is -2.94. The van der Waals surface area contributed by atoms with Crippen molar-refractivity contribution in [3.05, 3.63) is 35.4 Å². The van der Waals surface area contributed by atoms with Gasteiger partial charge < -0.3 is 15.5 Å². The maximum atomic E-state index is 13.2. The van der Waals surface area contributed by atoms with E-state index < -0.39 is 6.04 Å².